The van der Waals surface area contributed by atoms with E-state index in [1.165, 1.54) is 0 Å². The Kier molecular flexibility index (Phi) is 3.56. The van der Waals surface area contributed by atoms with Gasteiger partial charge >= 0.3 is 0 Å². The van der Waals surface area contributed by atoms with Crippen molar-refractivity contribution in [3.8, 4) is 28.3 Å². The molecule has 4 aromatic rings. The summed E-state index contributed by atoms with van der Waals surface area (Å²) in [4.78, 5) is 8.59. The van der Waals surface area contributed by atoms with Crippen LogP contribution >= 0.6 is 12.6 Å². The molecule has 0 aliphatic rings. The fourth-order valence-electron chi connectivity index (χ4n) is 2.95. The van der Waals surface area contributed by atoms with Crippen LogP contribution in [0.4, 0.5) is 0 Å². The van der Waals surface area contributed by atoms with Crippen molar-refractivity contribution in [3.63, 3.8) is 0 Å². The molecule has 0 bridgehead atoms. The minimum absolute atomic E-state index is 0.643. The third-order valence-corrected chi connectivity index (χ3v) is 4.31. The number of nitriles is 1. The number of hydrogen-bond donors (Lipinski definition) is 2. The number of H-pyrrole nitrogens is 1. The summed E-state index contributed by atoms with van der Waals surface area (Å²) in [6, 6.07) is 19.9. The maximum absolute atomic E-state index is 9.16. The molecule has 24 heavy (non-hydrogen) atoms. The van der Waals surface area contributed by atoms with E-state index in [2.05, 4.69) is 34.7 Å². The summed E-state index contributed by atoms with van der Waals surface area (Å²) in [6.45, 7) is 0. The molecule has 2 heterocycles. The van der Waals surface area contributed by atoms with Gasteiger partial charge in [0.2, 0.25) is 0 Å². The highest BCUT2D eigenvalue weighted by Gasteiger charge is 2.13. The number of nitrogens with zero attached hydrogens (tertiary/aromatic N) is 2. The molecule has 0 aliphatic carbocycles. The molecule has 0 amide bonds. The van der Waals surface area contributed by atoms with Crippen molar-refractivity contribution in [1.82, 2.24) is 9.97 Å². The Labute approximate surface area is 145 Å². The summed E-state index contributed by atoms with van der Waals surface area (Å²) in [6.07, 6.45) is 3.75. The zero-order valence-electron chi connectivity index (χ0n) is 12.7. The first kappa shape index (κ1) is 14.6. The average Bonchev–Trinajstić information content (AvgIpc) is 3.06. The van der Waals surface area contributed by atoms with Crippen molar-refractivity contribution in [2.24, 2.45) is 0 Å². The second kappa shape index (κ2) is 5.88. The third kappa shape index (κ3) is 2.45. The summed E-state index contributed by atoms with van der Waals surface area (Å²) in [7, 11) is 0. The number of pyridine rings is 1. The fourth-order valence-corrected chi connectivity index (χ4v) is 3.18. The van der Waals surface area contributed by atoms with Crippen LogP contribution in [0, 0.1) is 11.3 Å². The molecule has 4 heteroatoms. The fraction of sp³-hybridized carbons (Fsp3) is 0. The third-order valence-electron chi connectivity index (χ3n) is 4.03. The molecule has 2 aromatic carbocycles. The van der Waals surface area contributed by atoms with E-state index in [1.807, 2.05) is 54.7 Å². The highest BCUT2D eigenvalue weighted by atomic mass is 32.1. The standard InChI is InChI=1S/C20H13N3S/c21-11-13-3-1-4-14(9-13)18-12-23-20-19(18)17(7-8-22-20)15-5-2-6-16(24)10-15/h1-10,12,24H,(H,22,23). The molecule has 4 rings (SSSR count). The van der Waals surface area contributed by atoms with Crippen LogP contribution in [-0.2, 0) is 0 Å². The number of thiol groups is 1. The predicted octanol–water partition coefficient (Wildman–Crippen LogP) is 5.06. The lowest BCUT2D eigenvalue weighted by atomic mass is 9.97. The summed E-state index contributed by atoms with van der Waals surface area (Å²) in [5.74, 6) is 0. The highest BCUT2D eigenvalue weighted by molar-refractivity contribution is 7.80. The molecular weight excluding hydrogens is 314 g/mol. The number of hydrogen-bond acceptors (Lipinski definition) is 3. The lowest BCUT2D eigenvalue weighted by Gasteiger charge is -2.07. The van der Waals surface area contributed by atoms with Crippen LogP contribution < -0.4 is 0 Å². The van der Waals surface area contributed by atoms with Gasteiger partial charge in [-0.05, 0) is 47.0 Å². The van der Waals surface area contributed by atoms with Gasteiger partial charge < -0.3 is 4.98 Å². The highest BCUT2D eigenvalue weighted by Crippen LogP contribution is 2.36. The van der Waals surface area contributed by atoms with E-state index in [0.717, 1.165) is 38.2 Å². The number of rotatable bonds is 2. The molecule has 0 unspecified atom stereocenters. The smallest absolute Gasteiger partial charge is 0.138 e. The number of fused-ring (bicyclic) bond motifs is 1. The maximum atomic E-state index is 9.16. The number of benzene rings is 2. The van der Waals surface area contributed by atoms with Crippen LogP contribution in [0.15, 0.2) is 71.9 Å². The Morgan fingerprint density at radius 2 is 1.75 bits per heavy atom. The SMILES string of the molecule is N#Cc1cccc(-c2c[nH]c3nccc(-c4cccc(S)c4)c23)c1. The first-order valence-corrected chi connectivity index (χ1v) is 7.97. The van der Waals surface area contributed by atoms with Gasteiger partial charge in [0.15, 0.2) is 0 Å². The Balaban J connectivity index is 2.00. The number of aromatic amines is 1. The number of aromatic nitrogens is 2. The molecule has 0 saturated carbocycles. The Bertz CT molecular complexity index is 1090. The molecule has 2 aromatic heterocycles. The van der Waals surface area contributed by atoms with Crippen molar-refractivity contribution in [1.29, 1.82) is 5.26 Å². The summed E-state index contributed by atoms with van der Waals surface area (Å²) in [5, 5.41) is 10.2. The van der Waals surface area contributed by atoms with Crippen LogP contribution in [0.5, 0.6) is 0 Å². The predicted molar refractivity (Wildman–Crippen MR) is 98.9 cm³/mol. The molecule has 0 fully saturated rings. The first-order chi connectivity index (χ1) is 11.8. The van der Waals surface area contributed by atoms with E-state index >= 15 is 0 Å². The van der Waals surface area contributed by atoms with Gasteiger partial charge in [-0.2, -0.15) is 5.26 Å². The van der Waals surface area contributed by atoms with Crippen molar-refractivity contribution < 1.29 is 0 Å². The topological polar surface area (TPSA) is 52.5 Å². The lowest BCUT2D eigenvalue weighted by molar-refractivity contribution is 1.32. The minimum atomic E-state index is 0.643. The van der Waals surface area contributed by atoms with Crippen LogP contribution in [0.25, 0.3) is 33.3 Å². The lowest BCUT2D eigenvalue weighted by Crippen LogP contribution is -1.85. The number of nitrogens with one attached hydrogen (secondary N) is 1. The van der Waals surface area contributed by atoms with Gasteiger partial charge in [0.25, 0.3) is 0 Å². The van der Waals surface area contributed by atoms with E-state index in [9.17, 15) is 0 Å². The molecular formula is C20H13N3S. The zero-order valence-corrected chi connectivity index (χ0v) is 13.6. The summed E-state index contributed by atoms with van der Waals surface area (Å²) in [5.41, 5.74) is 5.69. The van der Waals surface area contributed by atoms with Gasteiger partial charge in [0.05, 0.1) is 11.6 Å². The molecule has 0 spiro atoms. The van der Waals surface area contributed by atoms with Gasteiger partial charge in [-0.25, -0.2) is 4.98 Å². The van der Waals surface area contributed by atoms with E-state index < -0.39 is 0 Å². The van der Waals surface area contributed by atoms with Crippen molar-refractivity contribution >= 4 is 23.7 Å². The van der Waals surface area contributed by atoms with Gasteiger partial charge in [-0.3, -0.25) is 0 Å². The molecule has 0 atom stereocenters. The van der Waals surface area contributed by atoms with Crippen molar-refractivity contribution in [2.45, 2.75) is 4.90 Å². The Morgan fingerprint density at radius 3 is 2.54 bits per heavy atom. The van der Waals surface area contributed by atoms with Gasteiger partial charge in [-0.1, -0.05) is 24.3 Å². The van der Waals surface area contributed by atoms with Crippen LogP contribution in [0.1, 0.15) is 5.56 Å². The Morgan fingerprint density at radius 1 is 0.958 bits per heavy atom. The van der Waals surface area contributed by atoms with Crippen molar-refractivity contribution in [3.05, 3.63) is 72.6 Å². The molecule has 3 nitrogen and oxygen atoms in total. The Hall–Kier alpha value is -3.03. The zero-order chi connectivity index (χ0) is 16.5. The largest absolute Gasteiger partial charge is 0.345 e. The molecule has 0 radical (unpaired) electrons. The normalized spacial score (nSPS) is 10.7. The molecule has 114 valence electrons. The van der Waals surface area contributed by atoms with Crippen LogP contribution in [-0.4, -0.2) is 9.97 Å². The summed E-state index contributed by atoms with van der Waals surface area (Å²) < 4.78 is 0. The average molecular weight is 327 g/mol. The van der Waals surface area contributed by atoms with E-state index in [4.69, 9.17) is 5.26 Å². The van der Waals surface area contributed by atoms with Gasteiger partial charge in [0.1, 0.15) is 5.65 Å². The maximum Gasteiger partial charge on any atom is 0.138 e. The summed E-state index contributed by atoms with van der Waals surface area (Å²) >= 11 is 4.45. The first-order valence-electron chi connectivity index (χ1n) is 7.52. The molecule has 0 aliphatic heterocycles. The van der Waals surface area contributed by atoms with E-state index in [1.54, 1.807) is 6.20 Å². The van der Waals surface area contributed by atoms with E-state index in [-0.39, 0.29) is 0 Å². The second-order valence-electron chi connectivity index (χ2n) is 5.53. The monoisotopic (exact) mass is 327 g/mol. The second-order valence-corrected chi connectivity index (χ2v) is 6.04. The molecule has 1 N–H and O–H groups in total. The molecule has 0 saturated heterocycles. The van der Waals surface area contributed by atoms with Crippen LogP contribution in [0.3, 0.4) is 0 Å². The van der Waals surface area contributed by atoms with E-state index in [0.29, 0.717) is 5.56 Å². The minimum Gasteiger partial charge on any atom is -0.345 e. The van der Waals surface area contributed by atoms with Crippen LogP contribution in [0.2, 0.25) is 0 Å². The van der Waals surface area contributed by atoms with Gasteiger partial charge in [-0.15, -0.1) is 12.6 Å². The van der Waals surface area contributed by atoms with Crippen molar-refractivity contribution in [2.75, 3.05) is 0 Å². The quantitative estimate of drug-likeness (QED) is 0.506. The van der Waals surface area contributed by atoms with Gasteiger partial charge in [0, 0.05) is 28.2 Å².